The Morgan fingerprint density at radius 1 is 1.11 bits per heavy atom. The van der Waals surface area contributed by atoms with Crippen LogP contribution in [0.25, 0.3) is 0 Å². The molecule has 4 heteroatoms. The van der Waals surface area contributed by atoms with Gasteiger partial charge in [-0.3, -0.25) is 4.98 Å². The molecule has 19 heavy (non-hydrogen) atoms. The van der Waals surface area contributed by atoms with Crippen molar-refractivity contribution >= 4 is 5.82 Å². The molecule has 0 spiro atoms. The van der Waals surface area contributed by atoms with Crippen molar-refractivity contribution in [3.63, 3.8) is 0 Å². The Hall–Kier alpha value is -2.10. The maximum absolute atomic E-state index is 5.83. The van der Waals surface area contributed by atoms with Crippen molar-refractivity contribution < 1.29 is 4.74 Å². The minimum Gasteiger partial charge on any atom is -0.437 e. The molecule has 0 radical (unpaired) electrons. The molecular formula is C15H19N3O. The number of aromatic nitrogens is 2. The van der Waals surface area contributed by atoms with Crippen molar-refractivity contribution in [2.24, 2.45) is 0 Å². The van der Waals surface area contributed by atoms with Crippen LogP contribution in [0.15, 0.2) is 30.3 Å². The van der Waals surface area contributed by atoms with Crippen LogP contribution in [0, 0.1) is 6.92 Å². The van der Waals surface area contributed by atoms with E-state index in [0.29, 0.717) is 5.88 Å². The fraction of sp³-hybridized carbons (Fsp3) is 0.333. The highest BCUT2D eigenvalue weighted by molar-refractivity contribution is 5.39. The van der Waals surface area contributed by atoms with Crippen molar-refractivity contribution in [1.29, 1.82) is 0 Å². The molecule has 0 unspecified atom stereocenters. The lowest BCUT2D eigenvalue weighted by Gasteiger charge is -2.10. The zero-order valence-electron chi connectivity index (χ0n) is 11.6. The number of nitrogens with zero attached hydrogens (tertiary/aromatic N) is 2. The molecule has 2 heterocycles. The molecule has 2 rings (SSSR count). The van der Waals surface area contributed by atoms with Gasteiger partial charge in [0.2, 0.25) is 5.88 Å². The summed E-state index contributed by atoms with van der Waals surface area (Å²) in [5.41, 5.74) is 1.95. The van der Waals surface area contributed by atoms with Gasteiger partial charge in [-0.05, 0) is 38.5 Å². The van der Waals surface area contributed by atoms with Gasteiger partial charge in [-0.25, -0.2) is 0 Å². The number of ether oxygens (including phenoxy) is 1. The summed E-state index contributed by atoms with van der Waals surface area (Å²) in [4.78, 5) is 8.87. The molecule has 0 saturated heterocycles. The highest BCUT2D eigenvalue weighted by atomic mass is 16.5. The van der Waals surface area contributed by atoms with Crippen molar-refractivity contribution in [3.8, 4) is 11.6 Å². The number of anilines is 1. The summed E-state index contributed by atoms with van der Waals surface area (Å²) in [6.45, 7) is 6.92. The Labute approximate surface area is 113 Å². The van der Waals surface area contributed by atoms with Crippen molar-refractivity contribution in [1.82, 2.24) is 9.97 Å². The summed E-state index contributed by atoms with van der Waals surface area (Å²) in [6, 6.07) is 9.59. The summed E-state index contributed by atoms with van der Waals surface area (Å²) < 4.78 is 5.83. The van der Waals surface area contributed by atoms with E-state index in [2.05, 4.69) is 22.2 Å². The van der Waals surface area contributed by atoms with E-state index in [0.717, 1.165) is 35.9 Å². The number of hydrogen-bond acceptors (Lipinski definition) is 4. The number of aryl methyl sites for hydroxylation is 2. The van der Waals surface area contributed by atoms with E-state index in [4.69, 9.17) is 4.74 Å². The zero-order chi connectivity index (χ0) is 13.7. The average Bonchev–Trinajstić information content (AvgIpc) is 2.41. The van der Waals surface area contributed by atoms with Crippen LogP contribution in [0.4, 0.5) is 5.82 Å². The van der Waals surface area contributed by atoms with Gasteiger partial charge in [0.15, 0.2) is 5.75 Å². The molecule has 0 amide bonds. The molecule has 4 nitrogen and oxygen atoms in total. The van der Waals surface area contributed by atoms with E-state index in [-0.39, 0.29) is 0 Å². The molecule has 0 aliphatic heterocycles. The average molecular weight is 257 g/mol. The second-order valence-electron chi connectivity index (χ2n) is 4.24. The van der Waals surface area contributed by atoms with E-state index in [1.165, 1.54) is 0 Å². The summed E-state index contributed by atoms with van der Waals surface area (Å²) in [7, 11) is 0. The van der Waals surface area contributed by atoms with Gasteiger partial charge in [-0.2, -0.15) is 4.98 Å². The Morgan fingerprint density at radius 2 is 1.95 bits per heavy atom. The summed E-state index contributed by atoms with van der Waals surface area (Å²) in [5.74, 6) is 2.17. The molecule has 0 atom stereocenters. The molecule has 0 saturated carbocycles. The predicted molar refractivity (Wildman–Crippen MR) is 76.8 cm³/mol. The molecule has 2 aromatic heterocycles. The Bertz CT molecular complexity index is 555. The van der Waals surface area contributed by atoms with Crippen LogP contribution in [-0.4, -0.2) is 16.5 Å². The molecule has 0 aliphatic carbocycles. The van der Waals surface area contributed by atoms with Crippen LogP contribution in [0.2, 0.25) is 0 Å². The lowest BCUT2D eigenvalue weighted by molar-refractivity contribution is 0.454. The van der Waals surface area contributed by atoms with E-state index in [1.54, 1.807) is 0 Å². The van der Waals surface area contributed by atoms with Crippen molar-refractivity contribution in [2.45, 2.75) is 27.2 Å². The smallest absolute Gasteiger partial charge is 0.221 e. The topological polar surface area (TPSA) is 47.0 Å². The highest BCUT2D eigenvalue weighted by Gasteiger charge is 2.06. The minimum absolute atomic E-state index is 0.582. The lowest BCUT2D eigenvalue weighted by Crippen LogP contribution is -2.01. The van der Waals surface area contributed by atoms with Gasteiger partial charge in [0.05, 0.1) is 5.69 Å². The molecule has 0 aromatic carbocycles. The second kappa shape index (κ2) is 6.18. The van der Waals surface area contributed by atoms with Crippen LogP contribution in [0.5, 0.6) is 11.6 Å². The van der Waals surface area contributed by atoms with Gasteiger partial charge in [-0.15, -0.1) is 0 Å². The van der Waals surface area contributed by atoms with E-state index >= 15 is 0 Å². The SMILES string of the molecule is CCNc1cccc(Oc2ccc(C)nc2CC)n1. The number of pyridine rings is 2. The fourth-order valence-electron chi connectivity index (χ4n) is 1.81. The summed E-state index contributed by atoms with van der Waals surface area (Å²) in [6.07, 6.45) is 0.837. The Balaban J connectivity index is 2.23. The van der Waals surface area contributed by atoms with Gasteiger partial charge in [-0.1, -0.05) is 13.0 Å². The molecule has 1 N–H and O–H groups in total. The standard InChI is InChI=1S/C15H19N3O/c1-4-12-13(10-9-11(3)17-12)19-15-8-6-7-14(18-15)16-5-2/h6-10H,4-5H2,1-3H3,(H,16,18). The monoisotopic (exact) mass is 257 g/mol. The van der Waals surface area contributed by atoms with Crippen molar-refractivity contribution in [2.75, 3.05) is 11.9 Å². The molecule has 100 valence electrons. The van der Waals surface area contributed by atoms with Crippen LogP contribution in [0.3, 0.4) is 0 Å². The van der Waals surface area contributed by atoms with Gasteiger partial charge < -0.3 is 10.1 Å². The van der Waals surface area contributed by atoms with Gasteiger partial charge in [0.25, 0.3) is 0 Å². The molecule has 0 fully saturated rings. The van der Waals surface area contributed by atoms with Gasteiger partial charge >= 0.3 is 0 Å². The first-order chi connectivity index (χ1) is 9.22. The molecule has 0 aliphatic rings. The van der Waals surface area contributed by atoms with Crippen LogP contribution >= 0.6 is 0 Å². The van der Waals surface area contributed by atoms with E-state index < -0.39 is 0 Å². The maximum atomic E-state index is 5.83. The Kier molecular flexibility index (Phi) is 4.34. The van der Waals surface area contributed by atoms with Crippen molar-refractivity contribution in [3.05, 3.63) is 41.7 Å². The van der Waals surface area contributed by atoms with Crippen LogP contribution in [-0.2, 0) is 6.42 Å². The quantitative estimate of drug-likeness (QED) is 0.889. The Morgan fingerprint density at radius 3 is 2.68 bits per heavy atom. The normalized spacial score (nSPS) is 10.3. The molecule has 0 bridgehead atoms. The van der Waals surface area contributed by atoms with Gasteiger partial charge in [0.1, 0.15) is 5.82 Å². The maximum Gasteiger partial charge on any atom is 0.221 e. The zero-order valence-corrected chi connectivity index (χ0v) is 11.6. The van der Waals surface area contributed by atoms with Gasteiger partial charge in [0, 0.05) is 18.3 Å². The second-order valence-corrected chi connectivity index (χ2v) is 4.24. The molecular weight excluding hydrogens is 238 g/mol. The summed E-state index contributed by atoms with van der Waals surface area (Å²) in [5, 5.41) is 3.16. The third kappa shape index (κ3) is 3.44. The third-order valence-corrected chi connectivity index (χ3v) is 2.70. The number of hydrogen-bond donors (Lipinski definition) is 1. The molecule has 2 aromatic rings. The third-order valence-electron chi connectivity index (χ3n) is 2.70. The van der Waals surface area contributed by atoms with Crippen LogP contribution in [0.1, 0.15) is 25.2 Å². The summed E-state index contributed by atoms with van der Waals surface area (Å²) >= 11 is 0. The first kappa shape index (κ1) is 13.3. The number of nitrogens with one attached hydrogen (secondary N) is 1. The lowest BCUT2D eigenvalue weighted by atomic mass is 10.2. The minimum atomic E-state index is 0.582. The van der Waals surface area contributed by atoms with E-state index in [9.17, 15) is 0 Å². The van der Waals surface area contributed by atoms with E-state index in [1.807, 2.05) is 44.2 Å². The highest BCUT2D eigenvalue weighted by Crippen LogP contribution is 2.24. The predicted octanol–water partition coefficient (Wildman–Crippen LogP) is 3.57. The largest absolute Gasteiger partial charge is 0.437 e. The fourth-order valence-corrected chi connectivity index (χ4v) is 1.81. The van der Waals surface area contributed by atoms with Crippen LogP contribution < -0.4 is 10.1 Å². The number of rotatable bonds is 5. The first-order valence-corrected chi connectivity index (χ1v) is 6.58. The first-order valence-electron chi connectivity index (χ1n) is 6.58.